The topological polar surface area (TPSA) is 51.2 Å². The number of ether oxygens (including phenoxy) is 1. The molecule has 1 fully saturated rings. The lowest BCUT2D eigenvalue weighted by Crippen LogP contribution is -2.39. The van der Waals surface area contributed by atoms with Gasteiger partial charge >= 0.3 is 0 Å². The van der Waals surface area contributed by atoms with E-state index in [1.807, 2.05) is 19.2 Å². The molecule has 0 saturated carbocycles. The predicted molar refractivity (Wildman–Crippen MR) is 63.5 cm³/mol. The van der Waals surface area contributed by atoms with Gasteiger partial charge in [-0.25, -0.2) is 4.98 Å². The molecule has 0 unspecified atom stereocenters. The van der Waals surface area contributed by atoms with Gasteiger partial charge in [0.2, 0.25) is 5.91 Å². The summed E-state index contributed by atoms with van der Waals surface area (Å²) in [4.78, 5) is 16.0. The van der Waals surface area contributed by atoms with Gasteiger partial charge in [-0.15, -0.1) is 11.3 Å². The van der Waals surface area contributed by atoms with E-state index in [1.165, 1.54) is 11.3 Å². The van der Waals surface area contributed by atoms with Crippen LogP contribution in [0, 0.1) is 5.92 Å². The molecular weight excluding hydrogens is 224 g/mol. The zero-order valence-corrected chi connectivity index (χ0v) is 10.3. The maximum Gasteiger partial charge on any atom is 0.229 e. The van der Waals surface area contributed by atoms with E-state index < -0.39 is 0 Å². The van der Waals surface area contributed by atoms with Gasteiger partial charge in [-0.1, -0.05) is 0 Å². The quantitative estimate of drug-likeness (QED) is 0.863. The molecule has 0 spiro atoms. The first-order valence-corrected chi connectivity index (χ1v) is 6.29. The second-order valence-corrected chi connectivity index (χ2v) is 5.52. The normalized spacial score (nSPS) is 24.0. The van der Waals surface area contributed by atoms with Crippen molar-refractivity contribution in [2.75, 3.05) is 11.9 Å². The van der Waals surface area contributed by atoms with Crippen LogP contribution in [0.1, 0.15) is 26.7 Å². The molecule has 88 valence electrons. The number of hydrogen-bond donors (Lipinski definition) is 1. The minimum absolute atomic E-state index is 0.0349. The average molecular weight is 240 g/mol. The number of aromatic nitrogens is 1. The van der Waals surface area contributed by atoms with Crippen LogP contribution in [0.25, 0.3) is 0 Å². The molecule has 1 aliphatic rings. The van der Waals surface area contributed by atoms with E-state index in [0.29, 0.717) is 11.7 Å². The molecule has 0 aliphatic carbocycles. The van der Waals surface area contributed by atoms with E-state index in [9.17, 15) is 4.79 Å². The number of carbonyl (C=O) groups is 1. The number of nitrogens with zero attached hydrogens (tertiary/aromatic N) is 1. The molecule has 1 aromatic heterocycles. The molecule has 2 heterocycles. The van der Waals surface area contributed by atoms with Crippen LogP contribution in [0.3, 0.4) is 0 Å². The van der Waals surface area contributed by atoms with Crippen LogP contribution in [0.15, 0.2) is 11.6 Å². The molecule has 1 aliphatic heterocycles. The van der Waals surface area contributed by atoms with Crippen LogP contribution in [0.5, 0.6) is 0 Å². The molecule has 16 heavy (non-hydrogen) atoms. The van der Waals surface area contributed by atoms with Crippen LogP contribution < -0.4 is 5.32 Å². The van der Waals surface area contributed by atoms with Gasteiger partial charge in [-0.3, -0.25) is 4.79 Å². The van der Waals surface area contributed by atoms with Crippen molar-refractivity contribution < 1.29 is 9.53 Å². The molecule has 4 nitrogen and oxygen atoms in total. The van der Waals surface area contributed by atoms with Crippen LogP contribution in [0.2, 0.25) is 0 Å². The Bertz CT molecular complexity index is 362. The Morgan fingerprint density at radius 1 is 1.69 bits per heavy atom. The van der Waals surface area contributed by atoms with Crippen LogP contribution in [-0.2, 0) is 9.53 Å². The second kappa shape index (κ2) is 4.51. The summed E-state index contributed by atoms with van der Waals surface area (Å²) in [5.74, 6) is 0.0963. The smallest absolute Gasteiger partial charge is 0.229 e. The van der Waals surface area contributed by atoms with Crippen LogP contribution >= 0.6 is 11.3 Å². The maximum absolute atomic E-state index is 12.0. The predicted octanol–water partition coefficient (Wildman–Crippen LogP) is 2.29. The van der Waals surface area contributed by atoms with Crippen molar-refractivity contribution in [2.24, 2.45) is 5.92 Å². The third kappa shape index (κ3) is 2.80. The summed E-state index contributed by atoms with van der Waals surface area (Å²) < 4.78 is 5.59. The SMILES string of the molecule is CC1(C)C[C@H](C(=O)Nc2nccs2)CCO1. The number of anilines is 1. The maximum atomic E-state index is 12.0. The minimum atomic E-state index is -0.191. The molecule has 0 aromatic carbocycles. The molecule has 2 rings (SSSR count). The number of hydrogen-bond acceptors (Lipinski definition) is 4. The lowest BCUT2D eigenvalue weighted by atomic mass is 9.88. The van der Waals surface area contributed by atoms with E-state index in [4.69, 9.17) is 4.74 Å². The van der Waals surface area contributed by atoms with Gasteiger partial charge in [0.1, 0.15) is 0 Å². The highest BCUT2D eigenvalue weighted by Gasteiger charge is 2.32. The Morgan fingerprint density at radius 3 is 3.12 bits per heavy atom. The molecular formula is C11H16N2O2S. The van der Waals surface area contributed by atoms with Crippen molar-refractivity contribution >= 4 is 22.4 Å². The van der Waals surface area contributed by atoms with Crippen LogP contribution in [-0.4, -0.2) is 23.1 Å². The van der Waals surface area contributed by atoms with Crippen molar-refractivity contribution in [1.82, 2.24) is 4.98 Å². The molecule has 1 N–H and O–H groups in total. The van der Waals surface area contributed by atoms with Crippen molar-refractivity contribution in [3.05, 3.63) is 11.6 Å². The lowest BCUT2D eigenvalue weighted by Gasteiger charge is -2.34. The number of thiazole rings is 1. The van der Waals surface area contributed by atoms with Crippen molar-refractivity contribution in [3.8, 4) is 0 Å². The first-order chi connectivity index (χ1) is 7.57. The van der Waals surface area contributed by atoms with E-state index in [2.05, 4.69) is 10.3 Å². The van der Waals surface area contributed by atoms with E-state index in [-0.39, 0.29) is 17.4 Å². The van der Waals surface area contributed by atoms with E-state index in [1.54, 1.807) is 6.20 Å². The van der Waals surface area contributed by atoms with E-state index >= 15 is 0 Å². The van der Waals surface area contributed by atoms with Gasteiger partial charge in [-0.05, 0) is 26.7 Å². The van der Waals surface area contributed by atoms with Crippen LogP contribution in [0.4, 0.5) is 5.13 Å². The number of carbonyl (C=O) groups excluding carboxylic acids is 1. The summed E-state index contributed by atoms with van der Waals surface area (Å²) in [6, 6.07) is 0. The summed E-state index contributed by atoms with van der Waals surface area (Å²) in [5, 5.41) is 5.37. The summed E-state index contributed by atoms with van der Waals surface area (Å²) in [6.45, 7) is 4.70. The first-order valence-electron chi connectivity index (χ1n) is 5.41. The standard InChI is InChI=1S/C11H16N2O2S/c1-11(2)7-8(3-5-15-11)9(14)13-10-12-4-6-16-10/h4,6,8H,3,5,7H2,1-2H3,(H,12,13,14)/t8-/m1/s1. The number of nitrogens with one attached hydrogen (secondary N) is 1. The van der Waals surface area contributed by atoms with Crippen molar-refractivity contribution in [2.45, 2.75) is 32.3 Å². The van der Waals surface area contributed by atoms with Crippen molar-refractivity contribution in [3.63, 3.8) is 0 Å². The fourth-order valence-corrected chi connectivity index (χ4v) is 2.48. The fourth-order valence-electron chi connectivity index (χ4n) is 1.95. The zero-order valence-electron chi connectivity index (χ0n) is 9.53. The molecule has 5 heteroatoms. The Labute approximate surface area is 99.0 Å². The lowest BCUT2D eigenvalue weighted by molar-refractivity contribution is -0.130. The van der Waals surface area contributed by atoms with Gasteiger partial charge in [0, 0.05) is 24.1 Å². The molecule has 1 saturated heterocycles. The summed E-state index contributed by atoms with van der Waals surface area (Å²) in [7, 11) is 0. The fraction of sp³-hybridized carbons (Fsp3) is 0.636. The highest BCUT2D eigenvalue weighted by molar-refractivity contribution is 7.13. The van der Waals surface area contributed by atoms with Gasteiger partial charge in [0.15, 0.2) is 5.13 Å². The molecule has 1 atom stereocenters. The Balaban J connectivity index is 1.94. The number of rotatable bonds is 2. The molecule has 1 amide bonds. The van der Waals surface area contributed by atoms with Gasteiger partial charge in [0.05, 0.1) is 5.60 Å². The molecule has 0 radical (unpaired) electrons. The third-order valence-corrected chi connectivity index (χ3v) is 3.42. The summed E-state index contributed by atoms with van der Waals surface area (Å²) in [5.41, 5.74) is -0.191. The number of amides is 1. The summed E-state index contributed by atoms with van der Waals surface area (Å²) in [6.07, 6.45) is 3.25. The molecule has 1 aromatic rings. The summed E-state index contributed by atoms with van der Waals surface area (Å²) >= 11 is 1.44. The van der Waals surface area contributed by atoms with Gasteiger partial charge in [-0.2, -0.15) is 0 Å². The average Bonchev–Trinajstić information content (AvgIpc) is 2.69. The molecule has 0 bridgehead atoms. The Morgan fingerprint density at radius 2 is 2.50 bits per heavy atom. The highest BCUT2D eigenvalue weighted by atomic mass is 32.1. The Hall–Kier alpha value is -0.940. The third-order valence-electron chi connectivity index (χ3n) is 2.73. The largest absolute Gasteiger partial charge is 0.376 e. The van der Waals surface area contributed by atoms with Gasteiger partial charge < -0.3 is 10.1 Å². The highest BCUT2D eigenvalue weighted by Crippen LogP contribution is 2.29. The Kier molecular flexibility index (Phi) is 3.25. The minimum Gasteiger partial charge on any atom is -0.376 e. The second-order valence-electron chi connectivity index (χ2n) is 4.62. The van der Waals surface area contributed by atoms with Crippen molar-refractivity contribution in [1.29, 1.82) is 0 Å². The zero-order chi connectivity index (χ0) is 11.6. The van der Waals surface area contributed by atoms with E-state index in [0.717, 1.165) is 12.8 Å². The first kappa shape index (κ1) is 11.5. The van der Waals surface area contributed by atoms with Gasteiger partial charge in [0.25, 0.3) is 0 Å². The monoisotopic (exact) mass is 240 g/mol.